The van der Waals surface area contributed by atoms with Gasteiger partial charge in [0, 0.05) is 12.3 Å². The molecule has 0 radical (unpaired) electrons. The second-order valence-electron chi connectivity index (χ2n) is 5.67. The number of carbonyl (C=O) groups is 1. The third kappa shape index (κ3) is 3.65. The summed E-state index contributed by atoms with van der Waals surface area (Å²) >= 11 is 7.27. The van der Waals surface area contributed by atoms with E-state index in [4.69, 9.17) is 11.6 Å². The first-order valence-electron chi connectivity index (χ1n) is 7.22. The van der Waals surface area contributed by atoms with Gasteiger partial charge in [0.1, 0.15) is 16.8 Å². The van der Waals surface area contributed by atoms with Gasteiger partial charge in [0.05, 0.1) is 10.9 Å². The van der Waals surface area contributed by atoms with Gasteiger partial charge < -0.3 is 5.32 Å². The Hall–Kier alpha value is -0.830. The molecule has 5 nitrogen and oxygen atoms in total. The standard InChI is InChI=1S/C14H16ClFN2O3S2/c15-11-4-3-10(16)5-13(11)23(20,21)18-8-22-7-12(18)14(19)17-6-9-1-2-9/h3-5,9,12H,1-2,6-8H2,(H,17,19). The third-order valence-electron chi connectivity index (χ3n) is 3.89. The van der Waals surface area contributed by atoms with Gasteiger partial charge in [-0.3, -0.25) is 4.79 Å². The summed E-state index contributed by atoms with van der Waals surface area (Å²) in [5.41, 5.74) is 0. The Morgan fingerprint density at radius 2 is 2.17 bits per heavy atom. The van der Waals surface area contributed by atoms with E-state index in [2.05, 4.69) is 5.32 Å². The van der Waals surface area contributed by atoms with Gasteiger partial charge in [-0.2, -0.15) is 4.31 Å². The smallest absolute Gasteiger partial charge is 0.246 e. The number of halogens is 2. The van der Waals surface area contributed by atoms with E-state index in [1.54, 1.807) is 0 Å². The van der Waals surface area contributed by atoms with Crippen LogP contribution in [0.5, 0.6) is 0 Å². The summed E-state index contributed by atoms with van der Waals surface area (Å²) in [6, 6.07) is 2.40. The number of rotatable bonds is 5. The Kier molecular flexibility index (Phi) is 4.87. The zero-order chi connectivity index (χ0) is 16.6. The zero-order valence-corrected chi connectivity index (χ0v) is 14.6. The number of nitrogens with zero attached hydrogens (tertiary/aromatic N) is 1. The number of thioether (sulfide) groups is 1. The van der Waals surface area contributed by atoms with Crippen molar-refractivity contribution in [2.75, 3.05) is 18.2 Å². The zero-order valence-electron chi connectivity index (χ0n) is 12.2. The fourth-order valence-electron chi connectivity index (χ4n) is 2.36. The van der Waals surface area contributed by atoms with Crippen molar-refractivity contribution in [3.63, 3.8) is 0 Å². The topological polar surface area (TPSA) is 66.5 Å². The van der Waals surface area contributed by atoms with Gasteiger partial charge in [-0.15, -0.1) is 11.8 Å². The second kappa shape index (κ2) is 6.58. The minimum Gasteiger partial charge on any atom is -0.354 e. The summed E-state index contributed by atoms with van der Waals surface area (Å²) in [5.74, 6) is 0.0441. The highest BCUT2D eigenvalue weighted by Gasteiger charge is 2.41. The number of hydrogen-bond donors (Lipinski definition) is 1. The first-order valence-corrected chi connectivity index (χ1v) is 10.2. The summed E-state index contributed by atoms with van der Waals surface area (Å²) < 4.78 is 40.0. The predicted octanol–water partition coefficient (Wildman–Crippen LogP) is 2.07. The van der Waals surface area contributed by atoms with Gasteiger partial charge in [0.25, 0.3) is 0 Å². The highest BCUT2D eigenvalue weighted by molar-refractivity contribution is 8.00. The molecule has 1 unspecified atom stereocenters. The molecular formula is C14H16ClFN2O3S2. The maximum Gasteiger partial charge on any atom is 0.246 e. The van der Waals surface area contributed by atoms with Crippen molar-refractivity contribution in [1.29, 1.82) is 0 Å². The molecule has 1 heterocycles. The van der Waals surface area contributed by atoms with E-state index in [1.165, 1.54) is 17.8 Å². The van der Waals surface area contributed by atoms with Crippen molar-refractivity contribution in [2.45, 2.75) is 23.8 Å². The van der Waals surface area contributed by atoms with Crippen molar-refractivity contribution in [1.82, 2.24) is 9.62 Å². The van der Waals surface area contributed by atoms with Gasteiger partial charge >= 0.3 is 0 Å². The molecule has 3 rings (SSSR count). The summed E-state index contributed by atoms with van der Waals surface area (Å²) in [5, 5.41) is 2.75. The molecule has 23 heavy (non-hydrogen) atoms. The van der Waals surface area contributed by atoms with Crippen LogP contribution >= 0.6 is 23.4 Å². The van der Waals surface area contributed by atoms with Crippen LogP contribution in [-0.2, 0) is 14.8 Å². The lowest BCUT2D eigenvalue weighted by atomic mass is 10.3. The molecule has 9 heteroatoms. The molecule has 1 amide bonds. The summed E-state index contributed by atoms with van der Waals surface area (Å²) in [6.45, 7) is 0.578. The molecule has 126 valence electrons. The van der Waals surface area contributed by atoms with Crippen molar-refractivity contribution in [2.24, 2.45) is 5.92 Å². The van der Waals surface area contributed by atoms with E-state index in [0.717, 1.165) is 29.3 Å². The molecule has 1 aliphatic heterocycles. The number of nitrogens with one attached hydrogen (secondary N) is 1. The maximum atomic E-state index is 13.4. The number of sulfonamides is 1. The molecule has 1 atom stereocenters. The Morgan fingerprint density at radius 3 is 2.87 bits per heavy atom. The second-order valence-corrected chi connectivity index (χ2v) is 8.94. The van der Waals surface area contributed by atoms with E-state index in [9.17, 15) is 17.6 Å². The largest absolute Gasteiger partial charge is 0.354 e. The number of carbonyl (C=O) groups excluding carboxylic acids is 1. The fraction of sp³-hybridized carbons (Fsp3) is 0.500. The van der Waals surface area contributed by atoms with Crippen LogP contribution < -0.4 is 5.32 Å². The van der Waals surface area contributed by atoms with Gasteiger partial charge in [0.15, 0.2) is 0 Å². The molecule has 1 N–H and O–H groups in total. The van der Waals surface area contributed by atoms with Crippen molar-refractivity contribution < 1.29 is 17.6 Å². The Balaban J connectivity index is 1.82. The maximum absolute atomic E-state index is 13.4. The minimum absolute atomic E-state index is 0.0551. The molecule has 0 spiro atoms. The highest BCUT2D eigenvalue weighted by atomic mass is 35.5. The monoisotopic (exact) mass is 378 g/mol. The van der Waals surface area contributed by atoms with Gasteiger partial charge in [-0.1, -0.05) is 11.6 Å². The van der Waals surface area contributed by atoms with Crippen molar-refractivity contribution in [3.8, 4) is 0 Å². The van der Waals surface area contributed by atoms with Crippen LogP contribution in [0.4, 0.5) is 4.39 Å². The highest BCUT2D eigenvalue weighted by Crippen LogP contribution is 2.32. The molecule has 1 aromatic carbocycles. The molecular weight excluding hydrogens is 363 g/mol. The molecule has 0 aromatic heterocycles. The van der Waals surface area contributed by atoms with Crippen LogP contribution in [0, 0.1) is 11.7 Å². The molecule has 1 aliphatic carbocycles. The van der Waals surface area contributed by atoms with Crippen molar-refractivity contribution >= 4 is 39.3 Å². The molecule has 2 aliphatic rings. The molecule has 2 fully saturated rings. The van der Waals surface area contributed by atoms with E-state index in [-0.39, 0.29) is 21.7 Å². The Labute approximate surface area is 143 Å². The van der Waals surface area contributed by atoms with Crippen LogP contribution in [0.25, 0.3) is 0 Å². The Bertz CT molecular complexity index is 725. The number of hydrogen-bond acceptors (Lipinski definition) is 4. The van der Waals surface area contributed by atoms with E-state index in [1.807, 2.05) is 0 Å². The van der Waals surface area contributed by atoms with Gasteiger partial charge in [-0.25, -0.2) is 12.8 Å². The lowest BCUT2D eigenvalue weighted by Gasteiger charge is -2.23. The molecule has 1 aromatic rings. The predicted molar refractivity (Wildman–Crippen MR) is 87.3 cm³/mol. The van der Waals surface area contributed by atoms with Crippen LogP contribution in [0.1, 0.15) is 12.8 Å². The van der Waals surface area contributed by atoms with E-state index < -0.39 is 21.9 Å². The minimum atomic E-state index is -4.03. The van der Waals surface area contributed by atoms with Crippen LogP contribution in [0.15, 0.2) is 23.1 Å². The lowest BCUT2D eigenvalue weighted by molar-refractivity contribution is -0.123. The number of benzene rings is 1. The van der Waals surface area contributed by atoms with Crippen LogP contribution in [0.2, 0.25) is 5.02 Å². The average Bonchev–Trinajstić information content (AvgIpc) is 3.20. The third-order valence-corrected chi connectivity index (χ3v) is 7.40. The lowest BCUT2D eigenvalue weighted by Crippen LogP contribution is -2.47. The average molecular weight is 379 g/mol. The number of amides is 1. The van der Waals surface area contributed by atoms with E-state index in [0.29, 0.717) is 18.2 Å². The SMILES string of the molecule is O=C(NCC1CC1)C1CSCN1S(=O)(=O)c1cc(F)ccc1Cl. The Morgan fingerprint density at radius 1 is 1.43 bits per heavy atom. The first-order chi connectivity index (χ1) is 10.9. The van der Waals surface area contributed by atoms with Gasteiger partial charge in [0.2, 0.25) is 15.9 Å². The summed E-state index contributed by atoms with van der Waals surface area (Å²) in [7, 11) is -4.03. The van der Waals surface area contributed by atoms with Crippen LogP contribution in [-0.4, -0.2) is 42.8 Å². The first kappa shape index (κ1) is 17.0. The molecule has 1 saturated carbocycles. The molecule has 0 bridgehead atoms. The van der Waals surface area contributed by atoms with E-state index >= 15 is 0 Å². The quantitative estimate of drug-likeness (QED) is 0.851. The molecule has 1 saturated heterocycles. The van der Waals surface area contributed by atoms with Crippen molar-refractivity contribution in [3.05, 3.63) is 29.0 Å². The normalized spacial score (nSPS) is 22.3. The van der Waals surface area contributed by atoms with Gasteiger partial charge in [-0.05, 0) is 37.0 Å². The van der Waals surface area contributed by atoms with Crippen LogP contribution in [0.3, 0.4) is 0 Å². The summed E-state index contributed by atoms with van der Waals surface area (Å²) in [6.07, 6.45) is 2.20. The fourth-order valence-corrected chi connectivity index (χ4v) is 5.99. The summed E-state index contributed by atoms with van der Waals surface area (Å²) in [4.78, 5) is 12.0.